The highest BCUT2D eigenvalue weighted by atomic mass is 79.9. The Morgan fingerprint density at radius 1 is 1.04 bits per heavy atom. The van der Waals surface area contributed by atoms with Crippen LogP contribution in [-0.4, -0.2) is 10.7 Å². The fraction of sp³-hybridized carbons (Fsp3) is 0.227. The Bertz CT molecular complexity index is 1040. The van der Waals surface area contributed by atoms with Gasteiger partial charge in [0.25, 0.3) is 0 Å². The Balaban J connectivity index is 1.60. The van der Waals surface area contributed by atoms with E-state index in [-0.39, 0.29) is 12.3 Å². The van der Waals surface area contributed by atoms with E-state index in [2.05, 4.69) is 58.2 Å². The van der Waals surface area contributed by atoms with Crippen LogP contribution < -0.4 is 4.74 Å². The van der Waals surface area contributed by atoms with Gasteiger partial charge in [0.15, 0.2) is 0 Å². The Morgan fingerprint density at radius 3 is 2.59 bits per heavy atom. The first-order valence-corrected chi connectivity index (χ1v) is 9.83. The number of fused-ring (bicyclic) bond motifs is 3. The zero-order chi connectivity index (χ0) is 18.5. The van der Waals surface area contributed by atoms with Crippen LogP contribution in [0.2, 0.25) is 0 Å². The summed E-state index contributed by atoms with van der Waals surface area (Å²) in [5.41, 5.74) is 4.43. The molecule has 27 heavy (non-hydrogen) atoms. The number of hydrogen-bond acceptors (Lipinski definition) is 4. The second kappa shape index (κ2) is 6.27. The lowest BCUT2D eigenvalue weighted by Gasteiger charge is -2.38. The van der Waals surface area contributed by atoms with Gasteiger partial charge in [0.05, 0.1) is 6.04 Å². The van der Waals surface area contributed by atoms with Crippen LogP contribution in [0, 0.1) is 13.8 Å². The molecular formula is C22H19BrN2O2. The molecule has 0 bridgehead atoms. The van der Waals surface area contributed by atoms with Crippen LogP contribution >= 0.6 is 15.9 Å². The molecular weight excluding hydrogens is 404 g/mol. The van der Waals surface area contributed by atoms with Crippen LogP contribution in [0.3, 0.4) is 0 Å². The van der Waals surface area contributed by atoms with E-state index in [1.54, 1.807) is 0 Å². The summed E-state index contributed by atoms with van der Waals surface area (Å²) in [5, 5.41) is 6.99. The van der Waals surface area contributed by atoms with Crippen molar-refractivity contribution >= 4 is 21.6 Å². The Hall–Kier alpha value is -2.53. The predicted molar refractivity (Wildman–Crippen MR) is 108 cm³/mol. The second-order valence-corrected chi connectivity index (χ2v) is 8.04. The molecule has 5 rings (SSSR count). The van der Waals surface area contributed by atoms with Crippen molar-refractivity contribution in [2.75, 3.05) is 0 Å². The van der Waals surface area contributed by atoms with Crippen molar-refractivity contribution in [3.05, 3.63) is 87.3 Å². The molecule has 2 atom stereocenters. The molecule has 136 valence electrons. The first-order valence-electron chi connectivity index (χ1n) is 9.04. The average Bonchev–Trinajstić information content (AvgIpc) is 3.28. The average molecular weight is 423 g/mol. The maximum atomic E-state index is 6.38. The van der Waals surface area contributed by atoms with E-state index in [0.29, 0.717) is 0 Å². The topological polar surface area (TPSA) is 38.0 Å². The molecule has 0 spiro atoms. The molecule has 0 saturated heterocycles. The molecule has 4 nitrogen and oxygen atoms in total. The van der Waals surface area contributed by atoms with E-state index in [0.717, 1.165) is 45.0 Å². The second-order valence-electron chi connectivity index (χ2n) is 7.12. The molecule has 2 aliphatic rings. The molecule has 0 N–H and O–H groups in total. The zero-order valence-electron chi connectivity index (χ0n) is 15.1. The van der Waals surface area contributed by atoms with Gasteiger partial charge in [-0.3, -0.25) is 0 Å². The molecule has 3 heterocycles. The van der Waals surface area contributed by atoms with E-state index < -0.39 is 0 Å². The summed E-state index contributed by atoms with van der Waals surface area (Å²) >= 11 is 3.59. The monoisotopic (exact) mass is 422 g/mol. The van der Waals surface area contributed by atoms with Gasteiger partial charge in [0, 0.05) is 22.0 Å². The number of nitrogens with zero attached hydrogens (tertiary/aromatic N) is 2. The normalized spacial score (nSPS) is 20.7. The number of furan rings is 1. The fourth-order valence-corrected chi connectivity index (χ4v) is 4.13. The predicted octanol–water partition coefficient (Wildman–Crippen LogP) is 5.90. The Labute approximate surface area is 166 Å². The van der Waals surface area contributed by atoms with Crippen LogP contribution in [0.1, 0.15) is 46.9 Å². The van der Waals surface area contributed by atoms with Crippen molar-refractivity contribution in [2.24, 2.45) is 5.10 Å². The summed E-state index contributed by atoms with van der Waals surface area (Å²) < 4.78 is 13.3. The van der Waals surface area contributed by atoms with Gasteiger partial charge in [-0.15, -0.1) is 0 Å². The van der Waals surface area contributed by atoms with E-state index in [9.17, 15) is 0 Å². The lowest BCUT2D eigenvalue weighted by molar-refractivity contribution is -0.0190. The number of rotatable bonds is 2. The third-order valence-corrected chi connectivity index (χ3v) is 5.63. The molecule has 0 amide bonds. The molecule has 0 fully saturated rings. The SMILES string of the molecule is Cc1ccc([C@H]2Oc3ccc(Br)cc3[C@@H]3CC(c4ccc(C)o4)=NN23)cc1. The highest BCUT2D eigenvalue weighted by molar-refractivity contribution is 9.10. The van der Waals surface area contributed by atoms with Crippen LogP contribution in [0.4, 0.5) is 0 Å². The van der Waals surface area contributed by atoms with Gasteiger partial charge in [-0.05, 0) is 44.2 Å². The quantitative estimate of drug-likeness (QED) is 0.515. The third kappa shape index (κ3) is 2.86. The largest absolute Gasteiger partial charge is 0.464 e. The number of hydrazone groups is 1. The molecule has 0 radical (unpaired) electrons. The highest BCUT2D eigenvalue weighted by Gasteiger charge is 2.41. The number of ether oxygens (including phenoxy) is 1. The number of halogens is 1. The fourth-order valence-electron chi connectivity index (χ4n) is 3.75. The summed E-state index contributed by atoms with van der Waals surface area (Å²) in [5.74, 6) is 2.64. The lowest BCUT2D eigenvalue weighted by Crippen LogP contribution is -2.33. The standard InChI is InChI=1S/C22H19BrN2O2/c1-13-3-6-15(7-4-13)22-25-19(17-11-16(23)8-10-20(17)27-22)12-18(24-25)21-9-5-14(2)26-21/h3-11,19,22H,12H2,1-2H3/t19-,22+/m0/s1. The van der Waals surface area contributed by atoms with Crippen molar-refractivity contribution in [1.29, 1.82) is 0 Å². The van der Waals surface area contributed by atoms with E-state index in [1.165, 1.54) is 5.56 Å². The van der Waals surface area contributed by atoms with Crippen molar-refractivity contribution in [3.63, 3.8) is 0 Å². The number of hydrogen-bond donors (Lipinski definition) is 0. The number of benzene rings is 2. The first kappa shape index (κ1) is 16.6. The summed E-state index contributed by atoms with van der Waals surface area (Å²) in [7, 11) is 0. The molecule has 3 aromatic rings. The summed E-state index contributed by atoms with van der Waals surface area (Å²) in [4.78, 5) is 0. The summed E-state index contributed by atoms with van der Waals surface area (Å²) in [6, 6.07) is 18.7. The minimum absolute atomic E-state index is 0.123. The minimum Gasteiger partial charge on any atom is -0.464 e. The Morgan fingerprint density at radius 2 is 1.85 bits per heavy atom. The van der Waals surface area contributed by atoms with E-state index in [1.807, 2.05) is 31.2 Å². The Kier molecular flexibility index (Phi) is 3.86. The van der Waals surface area contributed by atoms with Gasteiger partial charge in [0.2, 0.25) is 6.23 Å². The third-order valence-electron chi connectivity index (χ3n) is 5.14. The molecule has 0 aliphatic carbocycles. The molecule has 5 heteroatoms. The first-order chi connectivity index (χ1) is 13.1. The van der Waals surface area contributed by atoms with Gasteiger partial charge >= 0.3 is 0 Å². The van der Waals surface area contributed by atoms with E-state index >= 15 is 0 Å². The smallest absolute Gasteiger partial charge is 0.213 e. The minimum atomic E-state index is -0.252. The maximum absolute atomic E-state index is 6.38. The van der Waals surface area contributed by atoms with Gasteiger partial charge in [-0.25, -0.2) is 5.01 Å². The highest BCUT2D eigenvalue weighted by Crippen LogP contribution is 2.48. The van der Waals surface area contributed by atoms with Crippen LogP contribution in [0.25, 0.3) is 0 Å². The summed E-state index contributed by atoms with van der Waals surface area (Å²) in [6.07, 6.45) is 0.542. The van der Waals surface area contributed by atoms with E-state index in [4.69, 9.17) is 14.3 Å². The molecule has 2 aromatic carbocycles. The van der Waals surface area contributed by atoms with Crippen molar-refractivity contribution in [3.8, 4) is 5.75 Å². The van der Waals surface area contributed by atoms with Crippen molar-refractivity contribution in [2.45, 2.75) is 32.5 Å². The van der Waals surface area contributed by atoms with Crippen LogP contribution in [-0.2, 0) is 0 Å². The van der Waals surface area contributed by atoms with Gasteiger partial charge < -0.3 is 9.15 Å². The van der Waals surface area contributed by atoms with Crippen molar-refractivity contribution in [1.82, 2.24) is 5.01 Å². The van der Waals surface area contributed by atoms with Crippen LogP contribution in [0.15, 0.2) is 68.6 Å². The molecule has 2 aliphatic heterocycles. The van der Waals surface area contributed by atoms with Gasteiger partial charge in [-0.1, -0.05) is 45.8 Å². The van der Waals surface area contributed by atoms with Gasteiger partial charge in [0.1, 0.15) is 23.0 Å². The molecule has 1 aromatic heterocycles. The summed E-state index contributed by atoms with van der Waals surface area (Å²) in [6.45, 7) is 4.05. The number of aryl methyl sites for hydroxylation is 2. The van der Waals surface area contributed by atoms with Gasteiger partial charge in [-0.2, -0.15) is 5.10 Å². The maximum Gasteiger partial charge on any atom is 0.213 e. The van der Waals surface area contributed by atoms with Crippen LogP contribution in [0.5, 0.6) is 5.75 Å². The molecule has 0 unspecified atom stereocenters. The molecule has 0 saturated carbocycles. The van der Waals surface area contributed by atoms with Crippen molar-refractivity contribution < 1.29 is 9.15 Å². The lowest BCUT2D eigenvalue weighted by atomic mass is 9.97. The zero-order valence-corrected chi connectivity index (χ0v) is 16.7.